The second-order valence-electron chi connectivity index (χ2n) is 14.2. The van der Waals surface area contributed by atoms with Gasteiger partial charge in [-0.2, -0.15) is 0 Å². The number of ether oxygens (including phenoxy) is 1. The summed E-state index contributed by atoms with van der Waals surface area (Å²) in [6.45, 7) is 13.9. The second kappa shape index (κ2) is 8.55. The lowest BCUT2D eigenvalue weighted by atomic mass is 9.71. The molecule has 198 valence electrons. The fraction of sp³-hybridized carbons (Fsp3) is 0.378. The molecular formula is C37H39NO. The highest BCUT2D eigenvalue weighted by Crippen LogP contribution is 2.52. The van der Waals surface area contributed by atoms with Crippen molar-refractivity contribution in [2.75, 3.05) is 0 Å². The zero-order valence-electron chi connectivity index (χ0n) is 24.2. The summed E-state index contributed by atoms with van der Waals surface area (Å²) in [5, 5.41) is 7.50. The minimum atomic E-state index is 0.129. The number of aryl methyl sites for hydroxylation is 1. The van der Waals surface area contributed by atoms with Gasteiger partial charge in [0.25, 0.3) is 0 Å². The van der Waals surface area contributed by atoms with E-state index in [1.807, 2.05) is 6.20 Å². The van der Waals surface area contributed by atoms with E-state index in [1.54, 1.807) is 0 Å². The van der Waals surface area contributed by atoms with Crippen LogP contribution in [0.5, 0.6) is 11.5 Å². The number of nitrogens with zero attached hydrogens (tertiary/aromatic N) is 1. The van der Waals surface area contributed by atoms with Crippen LogP contribution in [0.3, 0.4) is 0 Å². The van der Waals surface area contributed by atoms with Crippen LogP contribution in [0.25, 0.3) is 43.6 Å². The molecular weight excluding hydrogens is 474 g/mol. The molecule has 1 fully saturated rings. The Balaban J connectivity index is 1.45. The molecule has 0 amide bonds. The topological polar surface area (TPSA) is 22.1 Å². The van der Waals surface area contributed by atoms with Gasteiger partial charge < -0.3 is 4.74 Å². The standard InChI is InChI=1S/C37H39NO/c1-22-7-10-27-26(17-22)19-30-34-33-28(13-16-38-34)29-18-24(23-11-14-37(5,6)15-12-23)8-9-25(29)20-32(33)39-35(30)31(27)21-36(2,3)4/h7-10,13,16-20,23H,11-12,14-15,21H2,1-6H3. The van der Waals surface area contributed by atoms with Gasteiger partial charge in [-0.1, -0.05) is 76.6 Å². The molecule has 39 heavy (non-hydrogen) atoms. The number of pyridine rings is 1. The van der Waals surface area contributed by atoms with Gasteiger partial charge in [-0.3, -0.25) is 4.98 Å². The Bertz CT molecular complexity index is 1780. The maximum atomic E-state index is 6.90. The molecule has 0 radical (unpaired) electrons. The van der Waals surface area contributed by atoms with Crippen molar-refractivity contribution >= 4 is 32.3 Å². The van der Waals surface area contributed by atoms with Crippen molar-refractivity contribution in [2.45, 2.75) is 79.6 Å². The minimum Gasteiger partial charge on any atom is -0.456 e. The molecule has 0 atom stereocenters. The zero-order valence-corrected chi connectivity index (χ0v) is 24.2. The van der Waals surface area contributed by atoms with Crippen LogP contribution in [0.15, 0.2) is 60.8 Å². The van der Waals surface area contributed by atoms with Gasteiger partial charge in [0.2, 0.25) is 0 Å². The molecule has 4 aromatic carbocycles. The van der Waals surface area contributed by atoms with E-state index in [0.717, 1.165) is 34.6 Å². The number of hydrogen-bond acceptors (Lipinski definition) is 2. The SMILES string of the molecule is Cc1ccc2c(CC(C)(C)C)c3c(cc2c1)-c1nccc2c1c(cc1ccc(C4CCC(C)(C)CC4)cc12)O3. The molecule has 0 N–H and O–H groups in total. The highest BCUT2D eigenvalue weighted by Gasteiger charge is 2.30. The monoisotopic (exact) mass is 513 g/mol. The van der Waals surface area contributed by atoms with Crippen LogP contribution in [-0.2, 0) is 6.42 Å². The van der Waals surface area contributed by atoms with E-state index < -0.39 is 0 Å². The van der Waals surface area contributed by atoms with Gasteiger partial charge in [-0.25, -0.2) is 0 Å². The first-order chi connectivity index (χ1) is 18.6. The van der Waals surface area contributed by atoms with E-state index in [9.17, 15) is 0 Å². The average Bonchev–Trinajstić information content (AvgIpc) is 2.88. The molecule has 0 spiro atoms. The summed E-state index contributed by atoms with van der Waals surface area (Å²) in [4.78, 5) is 5.00. The van der Waals surface area contributed by atoms with Gasteiger partial charge >= 0.3 is 0 Å². The van der Waals surface area contributed by atoms with Crippen LogP contribution in [-0.4, -0.2) is 4.98 Å². The van der Waals surface area contributed by atoms with E-state index in [1.165, 1.54) is 69.3 Å². The van der Waals surface area contributed by atoms with E-state index in [-0.39, 0.29) is 5.41 Å². The second-order valence-corrected chi connectivity index (χ2v) is 14.2. The van der Waals surface area contributed by atoms with Crippen LogP contribution in [0.2, 0.25) is 0 Å². The Morgan fingerprint density at radius 3 is 2.44 bits per heavy atom. The summed E-state index contributed by atoms with van der Waals surface area (Å²) in [6.07, 6.45) is 8.10. The Morgan fingerprint density at radius 2 is 1.67 bits per heavy atom. The van der Waals surface area contributed by atoms with Crippen molar-refractivity contribution in [3.63, 3.8) is 0 Å². The molecule has 1 aliphatic heterocycles. The lowest BCUT2D eigenvalue weighted by Gasteiger charge is -2.34. The van der Waals surface area contributed by atoms with E-state index in [2.05, 4.69) is 96.1 Å². The lowest BCUT2D eigenvalue weighted by molar-refractivity contribution is 0.224. The minimum absolute atomic E-state index is 0.129. The molecule has 1 aromatic heterocycles. The number of hydrogen-bond donors (Lipinski definition) is 0. The van der Waals surface area contributed by atoms with Gasteiger partial charge in [-0.05, 0) is 106 Å². The summed E-state index contributed by atoms with van der Waals surface area (Å²) in [5.74, 6) is 2.56. The smallest absolute Gasteiger partial charge is 0.140 e. The van der Waals surface area contributed by atoms with Crippen LogP contribution in [0.4, 0.5) is 0 Å². The third kappa shape index (κ3) is 4.20. The molecule has 0 saturated heterocycles. The molecule has 2 heterocycles. The summed E-state index contributed by atoms with van der Waals surface area (Å²) >= 11 is 0. The van der Waals surface area contributed by atoms with Gasteiger partial charge in [0, 0.05) is 17.3 Å². The Kier molecular flexibility index (Phi) is 5.40. The number of benzene rings is 4. The molecule has 0 unspecified atom stereocenters. The molecule has 1 saturated carbocycles. The third-order valence-electron chi connectivity index (χ3n) is 9.19. The fourth-order valence-electron chi connectivity index (χ4n) is 7.04. The van der Waals surface area contributed by atoms with E-state index in [0.29, 0.717) is 11.3 Å². The quantitative estimate of drug-likeness (QED) is 0.215. The number of aromatic nitrogens is 1. The van der Waals surface area contributed by atoms with E-state index in [4.69, 9.17) is 9.72 Å². The first kappa shape index (κ1) is 24.6. The summed E-state index contributed by atoms with van der Waals surface area (Å²) in [6, 6.07) is 20.7. The Hall–Kier alpha value is -3.39. The largest absolute Gasteiger partial charge is 0.456 e. The van der Waals surface area contributed by atoms with Crippen molar-refractivity contribution in [1.29, 1.82) is 0 Å². The zero-order chi connectivity index (χ0) is 27.1. The normalized spacial score (nSPS) is 17.0. The predicted octanol–water partition coefficient (Wildman–Crippen LogP) is 10.9. The van der Waals surface area contributed by atoms with Gasteiger partial charge in [-0.15, -0.1) is 0 Å². The molecule has 5 aromatic rings. The first-order valence-corrected chi connectivity index (χ1v) is 14.7. The Morgan fingerprint density at radius 1 is 0.872 bits per heavy atom. The third-order valence-corrected chi connectivity index (χ3v) is 9.19. The summed E-state index contributed by atoms with van der Waals surface area (Å²) < 4.78 is 6.90. The van der Waals surface area contributed by atoms with Crippen molar-refractivity contribution in [3.8, 4) is 22.8 Å². The van der Waals surface area contributed by atoms with Gasteiger partial charge in [0.1, 0.15) is 11.5 Å². The average molecular weight is 514 g/mol. The highest BCUT2D eigenvalue weighted by atomic mass is 16.5. The summed E-state index contributed by atoms with van der Waals surface area (Å²) in [5.41, 5.74) is 6.82. The molecule has 1 aliphatic carbocycles. The van der Waals surface area contributed by atoms with Crippen molar-refractivity contribution < 1.29 is 4.74 Å². The molecule has 2 nitrogen and oxygen atoms in total. The maximum Gasteiger partial charge on any atom is 0.140 e. The van der Waals surface area contributed by atoms with Crippen LogP contribution < -0.4 is 4.74 Å². The first-order valence-electron chi connectivity index (χ1n) is 14.7. The van der Waals surface area contributed by atoms with Crippen molar-refractivity contribution in [2.24, 2.45) is 10.8 Å². The van der Waals surface area contributed by atoms with Crippen LogP contribution >= 0.6 is 0 Å². The predicted molar refractivity (Wildman–Crippen MR) is 165 cm³/mol. The molecule has 0 bridgehead atoms. The van der Waals surface area contributed by atoms with Gasteiger partial charge in [0.15, 0.2) is 0 Å². The molecule has 2 aliphatic rings. The highest BCUT2D eigenvalue weighted by molar-refractivity contribution is 6.16. The maximum absolute atomic E-state index is 6.90. The van der Waals surface area contributed by atoms with Crippen molar-refractivity contribution in [1.82, 2.24) is 4.98 Å². The van der Waals surface area contributed by atoms with E-state index >= 15 is 0 Å². The lowest BCUT2D eigenvalue weighted by Crippen LogP contribution is -2.20. The van der Waals surface area contributed by atoms with Crippen molar-refractivity contribution in [3.05, 3.63) is 77.5 Å². The number of fused-ring (bicyclic) bond motifs is 5. The van der Waals surface area contributed by atoms with Crippen LogP contribution in [0.1, 0.15) is 82.9 Å². The fourth-order valence-corrected chi connectivity index (χ4v) is 7.04. The van der Waals surface area contributed by atoms with Gasteiger partial charge in [0.05, 0.1) is 11.1 Å². The molecule has 7 rings (SSSR count). The molecule has 2 heteroatoms. The van der Waals surface area contributed by atoms with Crippen LogP contribution in [0, 0.1) is 17.8 Å². The summed E-state index contributed by atoms with van der Waals surface area (Å²) in [7, 11) is 0. The number of rotatable bonds is 2. The Labute approximate surface area is 232 Å².